The fourth-order valence-electron chi connectivity index (χ4n) is 2.04. The van der Waals surface area contributed by atoms with Crippen molar-refractivity contribution in [2.24, 2.45) is 0 Å². The summed E-state index contributed by atoms with van der Waals surface area (Å²) in [6, 6.07) is 8.70. The molecular weight excluding hydrogens is 295 g/mol. The van der Waals surface area contributed by atoms with E-state index in [4.69, 9.17) is 23.2 Å². The van der Waals surface area contributed by atoms with Crippen molar-refractivity contribution in [3.05, 3.63) is 62.5 Å². The van der Waals surface area contributed by atoms with Gasteiger partial charge in [0, 0.05) is 28.9 Å². The van der Waals surface area contributed by atoms with E-state index in [9.17, 15) is 4.79 Å². The first kappa shape index (κ1) is 14.9. The number of halogens is 2. The summed E-state index contributed by atoms with van der Waals surface area (Å²) in [6.07, 6.45) is 1.80. The summed E-state index contributed by atoms with van der Waals surface area (Å²) in [7, 11) is 0. The lowest BCUT2D eigenvalue weighted by Gasteiger charge is -2.18. The second kappa shape index (κ2) is 6.33. The average Bonchev–Trinajstić information content (AvgIpc) is 2.43. The summed E-state index contributed by atoms with van der Waals surface area (Å²) < 4.78 is 1.65. The van der Waals surface area contributed by atoms with E-state index < -0.39 is 0 Å². The lowest BCUT2D eigenvalue weighted by molar-refractivity contribution is 0.725. The quantitative estimate of drug-likeness (QED) is 0.911. The van der Waals surface area contributed by atoms with Crippen LogP contribution < -0.4 is 10.9 Å². The summed E-state index contributed by atoms with van der Waals surface area (Å²) in [5.74, 6) is 0. The number of benzene rings is 1. The molecule has 2 aromatic rings. The van der Waals surface area contributed by atoms with Crippen molar-refractivity contribution >= 4 is 28.9 Å². The zero-order chi connectivity index (χ0) is 14.7. The molecule has 1 heterocycles. The Morgan fingerprint density at radius 3 is 2.70 bits per heavy atom. The molecule has 0 bridgehead atoms. The van der Waals surface area contributed by atoms with Crippen LogP contribution in [0, 0.1) is 0 Å². The fourth-order valence-corrected chi connectivity index (χ4v) is 2.50. The van der Waals surface area contributed by atoms with Gasteiger partial charge in [0.05, 0.1) is 11.7 Å². The predicted octanol–water partition coefficient (Wildman–Crippen LogP) is 4.35. The number of nitrogens with one attached hydrogen (secondary N) is 1. The van der Waals surface area contributed by atoms with Crippen molar-refractivity contribution in [2.45, 2.75) is 26.4 Å². The molecule has 20 heavy (non-hydrogen) atoms. The molecule has 106 valence electrons. The normalized spacial score (nSPS) is 12.2. The van der Waals surface area contributed by atoms with Crippen LogP contribution in [0.25, 0.3) is 0 Å². The van der Waals surface area contributed by atoms with E-state index in [2.05, 4.69) is 5.32 Å². The maximum atomic E-state index is 11.6. The summed E-state index contributed by atoms with van der Waals surface area (Å²) in [5, 5.41) is 4.64. The number of aryl methyl sites for hydroxylation is 1. The molecule has 0 fully saturated rings. The number of hydrogen-bond acceptors (Lipinski definition) is 2. The third-order valence-corrected chi connectivity index (χ3v) is 3.71. The molecule has 2 rings (SSSR count). The molecule has 1 N–H and O–H groups in total. The Morgan fingerprint density at radius 1 is 1.25 bits per heavy atom. The van der Waals surface area contributed by atoms with Gasteiger partial charge in [-0.3, -0.25) is 4.79 Å². The minimum absolute atomic E-state index is 0.00788. The van der Waals surface area contributed by atoms with Crippen molar-refractivity contribution in [3.63, 3.8) is 0 Å². The lowest BCUT2D eigenvalue weighted by Crippen LogP contribution is -2.18. The molecule has 1 atom stereocenters. The molecule has 0 aliphatic carbocycles. The van der Waals surface area contributed by atoms with Gasteiger partial charge in [0.15, 0.2) is 0 Å². The van der Waals surface area contributed by atoms with Crippen LogP contribution in [0.5, 0.6) is 0 Å². The van der Waals surface area contributed by atoms with Gasteiger partial charge < -0.3 is 9.88 Å². The Labute approximate surface area is 128 Å². The molecule has 5 heteroatoms. The molecular formula is C15H16Cl2N2O. The van der Waals surface area contributed by atoms with Crippen molar-refractivity contribution < 1.29 is 0 Å². The van der Waals surface area contributed by atoms with Gasteiger partial charge in [0.2, 0.25) is 0 Å². The van der Waals surface area contributed by atoms with Crippen molar-refractivity contribution in [3.8, 4) is 0 Å². The molecule has 0 aliphatic rings. The van der Waals surface area contributed by atoms with Crippen LogP contribution in [-0.4, -0.2) is 4.57 Å². The Bertz CT molecular complexity index is 667. The SMILES string of the molecule is CCn1cc(NC(C)c2cc(Cl)ccc2Cl)ccc1=O. The summed E-state index contributed by atoms with van der Waals surface area (Å²) >= 11 is 12.2. The summed E-state index contributed by atoms with van der Waals surface area (Å²) in [4.78, 5) is 11.6. The van der Waals surface area contributed by atoms with Gasteiger partial charge >= 0.3 is 0 Å². The summed E-state index contributed by atoms with van der Waals surface area (Å²) in [6.45, 7) is 4.57. The van der Waals surface area contributed by atoms with Gasteiger partial charge in [-0.15, -0.1) is 0 Å². The number of rotatable bonds is 4. The predicted molar refractivity (Wildman–Crippen MR) is 84.9 cm³/mol. The third kappa shape index (κ3) is 3.35. The molecule has 0 saturated carbocycles. The highest BCUT2D eigenvalue weighted by Crippen LogP contribution is 2.28. The Hall–Kier alpha value is -1.45. The lowest BCUT2D eigenvalue weighted by atomic mass is 10.1. The topological polar surface area (TPSA) is 34.0 Å². The van der Waals surface area contributed by atoms with Crippen LogP contribution in [0.15, 0.2) is 41.3 Å². The van der Waals surface area contributed by atoms with E-state index in [1.54, 1.807) is 35.0 Å². The number of pyridine rings is 1. The largest absolute Gasteiger partial charge is 0.377 e. The van der Waals surface area contributed by atoms with Crippen molar-refractivity contribution in [1.82, 2.24) is 4.57 Å². The Kier molecular flexibility index (Phi) is 4.73. The van der Waals surface area contributed by atoms with Crippen molar-refractivity contribution in [2.75, 3.05) is 5.32 Å². The molecule has 0 amide bonds. The Balaban J connectivity index is 2.25. The maximum Gasteiger partial charge on any atom is 0.250 e. The van der Waals surface area contributed by atoms with Crippen LogP contribution in [0.4, 0.5) is 5.69 Å². The zero-order valence-corrected chi connectivity index (χ0v) is 12.9. The average molecular weight is 311 g/mol. The standard InChI is InChI=1S/C15H16Cl2N2O/c1-3-19-9-12(5-7-15(19)20)18-10(2)13-8-11(16)4-6-14(13)17/h4-10,18H,3H2,1-2H3. The molecule has 1 aromatic heterocycles. The van der Waals surface area contributed by atoms with E-state index in [-0.39, 0.29) is 11.6 Å². The molecule has 0 saturated heterocycles. The first-order valence-corrected chi connectivity index (χ1v) is 7.19. The molecule has 1 aromatic carbocycles. The molecule has 3 nitrogen and oxygen atoms in total. The van der Waals surface area contributed by atoms with E-state index in [1.165, 1.54) is 0 Å². The second-order valence-electron chi connectivity index (χ2n) is 4.57. The molecule has 0 radical (unpaired) electrons. The van der Waals surface area contributed by atoms with E-state index in [0.29, 0.717) is 16.6 Å². The number of nitrogens with zero attached hydrogens (tertiary/aromatic N) is 1. The van der Waals surface area contributed by atoms with Crippen molar-refractivity contribution in [1.29, 1.82) is 0 Å². The number of anilines is 1. The highest BCUT2D eigenvalue weighted by atomic mass is 35.5. The third-order valence-electron chi connectivity index (χ3n) is 3.13. The fraction of sp³-hybridized carbons (Fsp3) is 0.267. The number of aromatic nitrogens is 1. The van der Waals surface area contributed by atoms with Crippen LogP contribution >= 0.6 is 23.2 Å². The maximum absolute atomic E-state index is 11.6. The Morgan fingerprint density at radius 2 is 2.00 bits per heavy atom. The number of hydrogen-bond donors (Lipinski definition) is 1. The van der Waals surface area contributed by atoms with Gasteiger partial charge in [-0.2, -0.15) is 0 Å². The van der Waals surface area contributed by atoms with Gasteiger partial charge in [-0.25, -0.2) is 0 Å². The van der Waals surface area contributed by atoms with Crippen LogP contribution in [0.3, 0.4) is 0 Å². The van der Waals surface area contributed by atoms with E-state index in [0.717, 1.165) is 11.3 Å². The van der Waals surface area contributed by atoms with Gasteiger partial charge in [0.25, 0.3) is 5.56 Å². The smallest absolute Gasteiger partial charge is 0.250 e. The zero-order valence-electron chi connectivity index (χ0n) is 11.4. The van der Waals surface area contributed by atoms with E-state index in [1.807, 2.05) is 19.9 Å². The van der Waals surface area contributed by atoms with Crippen LogP contribution in [0.1, 0.15) is 25.5 Å². The summed E-state index contributed by atoms with van der Waals surface area (Å²) in [5.41, 5.74) is 1.79. The first-order valence-electron chi connectivity index (χ1n) is 6.43. The monoisotopic (exact) mass is 310 g/mol. The van der Waals surface area contributed by atoms with E-state index >= 15 is 0 Å². The molecule has 0 aliphatic heterocycles. The van der Waals surface area contributed by atoms with Gasteiger partial charge in [-0.05, 0) is 43.7 Å². The molecule has 0 spiro atoms. The van der Waals surface area contributed by atoms with Crippen LogP contribution in [-0.2, 0) is 6.54 Å². The minimum atomic E-state index is -0.0102. The highest BCUT2D eigenvalue weighted by Gasteiger charge is 2.10. The highest BCUT2D eigenvalue weighted by molar-refractivity contribution is 6.33. The van der Waals surface area contributed by atoms with Crippen LogP contribution in [0.2, 0.25) is 10.0 Å². The molecule has 1 unspecified atom stereocenters. The first-order chi connectivity index (χ1) is 9.51. The van der Waals surface area contributed by atoms with Gasteiger partial charge in [-0.1, -0.05) is 23.2 Å². The minimum Gasteiger partial charge on any atom is -0.377 e. The second-order valence-corrected chi connectivity index (χ2v) is 5.42. The van der Waals surface area contributed by atoms with Gasteiger partial charge in [0.1, 0.15) is 0 Å².